The molecular formula is C32H35N7O. The Hall–Kier alpha value is -4.46. The van der Waals surface area contributed by atoms with Crippen LogP contribution in [0.25, 0.3) is 38.9 Å². The minimum Gasteiger partial charge on any atom is -0.382 e. The van der Waals surface area contributed by atoms with Crippen LogP contribution in [0.5, 0.6) is 0 Å². The lowest BCUT2D eigenvalue weighted by molar-refractivity contribution is 0.206. The SMILES string of the molecule is CCN(C)C(=O)NCC1CCC(c2nc(-c3ccc4ccc(-c5ccccc5)nc4c3)c3c(N)nccn23)CC1. The highest BCUT2D eigenvalue weighted by atomic mass is 16.2. The number of nitrogens with one attached hydrogen (secondary N) is 1. The number of aromatic nitrogens is 4. The van der Waals surface area contributed by atoms with E-state index in [0.29, 0.717) is 24.2 Å². The summed E-state index contributed by atoms with van der Waals surface area (Å²) in [5, 5.41) is 4.16. The van der Waals surface area contributed by atoms with E-state index >= 15 is 0 Å². The summed E-state index contributed by atoms with van der Waals surface area (Å²) in [5.74, 6) is 2.29. The molecule has 8 nitrogen and oxygen atoms in total. The molecule has 5 aromatic rings. The Morgan fingerprint density at radius 2 is 1.80 bits per heavy atom. The summed E-state index contributed by atoms with van der Waals surface area (Å²) < 4.78 is 2.12. The van der Waals surface area contributed by atoms with Gasteiger partial charge in [0.1, 0.15) is 22.9 Å². The summed E-state index contributed by atoms with van der Waals surface area (Å²) in [6.07, 6.45) is 7.85. The van der Waals surface area contributed by atoms with E-state index < -0.39 is 0 Å². The molecule has 2 aromatic carbocycles. The van der Waals surface area contributed by atoms with E-state index in [-0.39, 0.29) is 6.03 Å². The number of urea groups is 1. The number of carbonyl (C=O) groups excluding carboxylic acids is 1. The predicted molar refractivity (Wildman–Crippen MR) is 160 cm³/mol. The molecule has 0 aliphatic heterocycles. The van der Waals surface area contributed by atoms with Crippen molar-refractivity contribution in [2.75, 3.05) is 25.9 Å². The number of pyridine rings is 1. The van der Waals surface area contributed by atoms with Gasteiger partial charge in [-0.15, -0.1) is 0 Å². The molecule has 204 valence electrons. The van der Waals surface area contributed by atoms with Crippen molar-refractivity contribution in [3.05, 3.63) is 78.9 Å². The van der Waals surface area contributed by atoms with Crippen molar-refractivity contribution in [3.8, 4) is 22.5 Å². The first-order valence-corrected chi connectivity index (χ1v) is 14.1. The lowest BCUT2D eigenvalue weighted by Crippen LogP contribution is -2.40. The summed E-state index contributed by atoms with van der Waals surface area (Å²) in [5.41, 5.74) is 12.0. The van der Waals surface area contributed by atoms with Crippen molar-refractivity contribution >= 4 is 28.3 Å². The van der Waals surface area contributed by atoms with Gasteiger partial charge < -0.3 is 16.0 Å². The van der Waals surface area contributed by atoms with Crippen molar-refractivity contribution in [2.24, 2.45) is 5.92 Å². The van der Waals surface area contributed by atoms with Gasteiger partial charge in [0.05, 0.1) is 11.2 Å². The molecule has 8 heteroatoms. The Labute approximate surface area is 234 Å². The van der Waals surface area contributed by atoms with Gasteiger partial charge in [-0.1, -0.05) is 48.5 Å². The maximum Gasteiger partial charge on any atom is 0.317 e. The monoisotopic (exact) mass is 533 g/mol. The van der Waals surface area contributed by atoms with Crippen LogP contribution >= 0.6 is 0 Å². The summed E-state index contributed by atoms with van der Waals surface area (Å²) in [6, 6.07) is 20.7. The second-order valence-corrected chi connectivity index (χ2v) is 10.7. The lowest BCUT2D eigenvalue weighted by Gasteiger charge is -2.28. The Bertz CT molecular complexity index is 1650. The van der Waals surface area contributed by atoms with Gasteiger partial charge in [-0.2, -0.15) is 0 Å². The van der Waals surface area contributed by atoms with E-state index in [1.165, 1.54) is 0 Å². The Morgan fingerprint density at radius 1 is 1.02 bits per heavy atom. The number of hydrogen-bond acceptors (Lipinski definition) is 5. The largest absolute Gasteiger partial charge is 0.382 e. The number of hydrogen-bond donors (Lipinski definition) is 2. The molecule has 3 aromatic heterocycles. The smallest absolute Gasteiger partial charge is 0.317 e. The summed E-state index contributed by atoms with van der Waals surface area (Å²) >= 11 is 0. The van der Waals surface area contributed by atoms with Crippen LogP contribution in [0, 0.1) is 5.92 Å². The first kappa shape index (κ1) is 25.8. The third kappa shape index (κ3) is 4.97. The number of anilines is 1. The number of nitrogens with two attached hydrogens (primary N) is 1. The van der Waals surface area contributed by atoms with Crippen LogP contribution in [0.4, 0.5) is 10.6 Å². The minimum absolute atomic E-state index is 0.00254. The highest BCUT2D eigenvalue weighted by molar-refractivity contribution is 5.91. The number of imidazole rings is 1. The number of amides is 2. The molecular weight excluding hydrogens is 498 g/mol. The van der Waals surface area contributed by atoms with Crippen LogP contribution < -0.4 is 11.1 Å². The van der Waals surface area contributed by atoms with Crippen molar-refractivity contribution in [1.82, 2.24) is 29.6 Å². The van der Waals surface area contributed by atoms with E-state index in [2.05, 4.69) is 57.2 Å². The summed E-state index contributed by atoms with van der Waals surface area (Å²) in [4.78, 5) is 28.4. The first-order valence-electron chi connectivity index (χ1n) is 14.1. The van der Waals surface area contributed by atoms with Crippen LogP contribution in [0.3, 0.4) is 0 Å². The zero-order valence-corrected chi connectivity index (χ0v) is 23.0. The molecule has 1 fully saturated rings. The maximum absolute atomic E-state index is 12.2. The van der Waals surface area contributed by atoms with Crippen LogP contribution in [-0.4, -0.2) is 50.4 Å². The molecule has 0 radical (unpaired) electrons. The maximum atomic E-state index is 12.2. The van der Waals surface area contributed by atoms with Crippen LogP contribution in [-0.2, 0) is 0 Å². The molecule has 6 rings (SSSR count). The number of fused-ring (bicyclic) bond motifs is 2. The van der Waals surface area contributed by atoms with Gasteiger partial charge in [0.15, 0.2) is 0 Å². The molecule has 0 saturated heterocycles. The van der Waals surface area contributed by atoms with Crippen LogP contribution in [0.2, 0.25) is 0 Å². The van der Waals surface area contributed by atoms with E-state index in [1.54, 1.807) is 11.1 Å². The molecule has 3 heterocycles. The Balaban J connectivity index is 1.29. The van der Waals surface area contributed by atoms with Gasteiger partial charge >= 0.3 is 6.03 Å². The first-order chi connectivity index (χ1) is 19.5. The quantitative estimate of drug-likeness (QED) is 0.273. The molecule has 0 spiro atoms. The molecule has 1 saturated carbocycles. The van der Waals surface area contributed by atoms with Gasteiger partial charge in [-0.25, -0.2) is 19.7 Å². The molecule has 40 heavy (non-hydrogen) atoms. The fourth-order valence-electron chi connectivity index (χ4n) is 5.75. The second kappa shape index (κ2) is 11.0. The zero-order chi connectivity index (χ0) is 27.6. The molecule has 2 amide bonds. The third-order valence-electron chi connectivity index (χ3n) is 8.22. The van der Waals surface area contributed by atoms with E-state index in [0.717, 1.165) is 77.0 Å². The highest BCUT2D eigenvalue weighted by Crippen LogP contribution is 2.39. The van der Waals surface area contributed by atoms with Crippen molar-refractivity contribution in [2.45, 2.75) is 38.5 Å². The van der Waals surface area contributed by atoms with Gasteiger partial charge in [0, 0.05) is 55.0 Å². The fourth-order valence-corrected chi connectivity index (χ4v) is 5.75. The molecule has 0 atom stereocenters. The van der Waals surface area contributed by atoms with E-state index in [1.807, 2.05) is 38.4 Å². The summed E-state index contributed by atoms with van der Waals surface area (Å²) in [7, 11) is 1.82. The molecule has 1 aliphatic carbocycles. The Kier molecular flexibility index (Phi) is 7.07. The summed E-state index contributed by atoms with van der Waals surface area (Å²) in [6.45, 7) is 3.40. The predicted octanol–water partition coefficient (Wildman–Crippen LogP) is 6.13. The van der Waals surface area contributed by atoms with Crippen LogP contribution in [0.15, 0.2) is 73.1 Å². The molecule has 0 unspecified atom stereocenters. The number of nitrogen functional groups attached to an aromatic ring is 1. The van der Waals surface area contributed by atoms with Crippen molar-refractivity contribution in [3.63, 3.8) is 0 Å². The number of carbonyl (C=O) groups is 1. The average molecular weight is 534 g/mol. The standard InChI is InChI=1S/C32H35N7O/c1-3-38(2)32(40)35-20-21-9-11-24(12-10-21)31-37-28(29-30(33)34-17-18-39(29)31)25-14-13-23-15-16-26(36-27(23)19-25)22-7-5-4-6-8-22/h4-8,13-19,21,24H,3,9-12,20H2,1-2H3,(H2,33,34)(H,35,40). The number of rotatable bonds is 6. The van der Waals surface area contributed by atoms with E-state index in [9.17, 15) is 4.79 Å². The Morgan fingerprint density at radius 3 is 2.58 bits per heavy atom. The highest BCUT2D eigenvalue weighted by Gasteiger charge is 2.28. The van der Waals surface area contributed by atoms with Crippen molar-refractivity contribution < 1.29 is 4.79 Å². The molecule has 1 aliphatic rings. The zero-order valence-electron chi connectivity index (χ0n) is 23.0. The third-order valence-corrected chi connectivity index (χ3v) is 8.22. The minimum atomic E-state index is -0.00254. The van der Waals surface area contributed by atoms with Gasteiger partial charge in [0.2, 0.25) is 0 Å². The van der Waals surface area contributed by atoms with Gasteiger partial charge in [-0.3, -0.25) is 4.40 Å². The topological polar surface area (TPSA) is 101 Å². The van der Waals surface area contributed by atoms with Gasteiger partial charge in [0.25, 0.3) is 0 Å². The lowest BCUT2D eigenvalue weighted by atomic mass is 9.81. The number of nitrogens with zero attached hydrogens (tertiary/aromatic N) is 5. The fraction of sp³-hybridized carbons (Fsp3) is 0.312. The second-order valence-electron chi connectivity index (χ2n) is 10.7. The normalized spacial score (nSPS) is 17.2. The molecule has 0 bridgehead atoms. The number of benzene rings is 2. The van der Waals surface area contributed by atoms with Crippen LogP contribution in [0.1, 0.15) is 44.3 Å². The van der Waals surface area contributed by atoms with Crippen molar-refractivity contribution in [1.29, 1.82) is 0 Å². The average Bonchev–Trinajstić information content (AvgIpc) is 3.40. The molecule has 3 N–H and O–H groups in total. The van der Waals surface area contributed by atoms with E-state index in [4.69, 9.17) is 15.7 Å². The van der Waals surface area contributed by atoms with Gasteiger partial charge in [-0.05, 0) is 50.7 Å².